The third kappa shape index (κ3) is 4.56. The quantitative estimate of drug-likeness (QED) is 0.521. The smallest absolute Gasteiger partial charge is 0.289 e. The highest BCUT2D eigenvalue weighted by Gasteiger charge is 2.32. The molecule has 1 amide bonds. The molecule has 2 heterocycles. The molecule has 0 atom stereocenters. The fraction of sp³-hybridized carbons (Fsp3) is 0.375. The molecule has 0 unspecified atom stereocenters. The van der Waals surface area contributed by atoms with Crippen molar-refractivity contribution >= 4 is 26.9 Å². The number of hydrogen-bond acceptors (Lipinski definition) is 6. The van der Waals surface area contributed by atoms with Crippen molar-refractivity contribution in [3.63, 3.8) is 0 Å². The summed E-state index contributed by atoms with van der Waals surface area (Å²) in [6.07, 6.45) is 0. The number of nitrogens with zero attached hydrogens (tertiary/aromatic N) is 2. The maximum atomic E-state index is 13.1. The summed E-state index contributed by atoms with van der Waals surface area (Å²) in [4.78, 5) is 15.0. The maximum Gasteiger partial charge on any atom is 0.289 e. The van der Waals surface area contributed by atoms with E-state index in [1.165, 1.54) is 4.31 Å². The van der Waals surface area contributed by atoms with Gasteiger partial charge in [-0.1, -0.05) is 0 Å². The van der Waals surface area contributed by atoms with Crippen LogP contribution in [0.1, 0.15) is 30.0 Å². The zero-order chi connectivity index (χ0) is 23.6. The van der Waals surface area contributed by atoms with Gasteiger partial charge in [0, 0.05) is 37.1 Å². The normalized spacial score (nSPS) is 15.1. The Morgan fingerprint density at radius 2 is 1.55 bits per heavy atom. The number of rotatable bonds is 7. The van der Waals surface area contributed by atoms with Crippen LogP contribution in [0.5, 0.6) is 11.5 Å². The molecule has 0 aliphatic carbocycles. The van der Waals surface area contributed by atoms with E-state index >= 15 is 0 Å². The molecule has 9 heteroatoms. The van der Waals surface area contributed by atoms with Crippen LogP contribution in [0.4, 0.5) is 0 Å². The standard InChI is InChI=1S/C24H28N2O6S/c1-4-30-18-6-9-20(10-7-18)33(28,29)26-14-12-25(13-15-26)24(27)23-17(3)21-16-19(31-5-2)8-11-22(21)32-23/h6-11,16H,4-5,12-15H2,1-3H3. The lowest BCUT2D eigenvalue weighted by Crippen LogP contribution is -2.50. The molecule has 33 heavy (non-hydrogen) atoms. The zero-order valence-electron chi connectivity index (χ0n) is 19.0. The first-order valence-electron chi connectivity index (χ1n) is 11.0. The highest BCUT2D eigenvalue weighted by atomic mass is 32.2. The van der Waals surface area contributed by atoms with Gasteiger partial charge in [-0.05, 0) is 63.2 Å². The van der Waals surface area contributed by atoms with Gasteiger partial charge in [-0.15, -0.1) is 0 Å². The zero-order valence-corrected chi connectivity index (χ0v) is 19.9. The molecule has 8 nitrogen and oxygen atoms in total. The first kappa shape index (κ1) is 23.1. The Bertz CT molecular complexity index is 1240. The van der Waals surface area contributed by atoms with Crippen molar-refractivity contribution in [1.82, 2.24) is 9.21 Å². The molecule has 1 aliphatic rings. The van der Waals surface area contributed by atoms with Crippen molar-refractivity contribution in [2.45, 2.75) is 25.7 Å². The van der Waals surface area contributed by atoms with Crippen LogP contribution in [0.3, 0.4) is 0 Å². The topological polar surface area (TPSA) is 89.3 Å². The van der Waals surface area contributed by atoms with Crippen molar-refractivity contribution in [3.8, 4) is 11.5 Å². The van der Waals surface area contributed by atoms with Crippen molar-refractivity contribution in [1.29, 1.82) is 0 Å². The number of aryl methyl sites for hydroxylation is 1. The van der Waals surface area contributed by atoms with E-state index in [1.807, 2.05) is 32.9 Å². The minimum atomic E-state index is -3.64. The third-order valence-electron chi connectivity index (χ3n) is 5.71. The summed E-state index contributed by atoms with van der Waals surface area (Å²) in [6.45, 7) is 7.71. The van der Waals surface area contributed by atoms with Crippen LogP contribution >= 0.6 is 0 Å². The molecule has 1 fully saturated rings. The first-order chi connectivity index (χ1) is 15.8. The van der Waals surface area contributed by atoms with Gasteiger partial charge in [-0.3, -0.25) is 4.79 Å². The number of ether oxygens (including phenoxy) is 2. The first-order valence-corrected chi connectivity index (χ1v) is 12.5. The van der Waals surface area contributed by atoms with Crippen molar-refractivity contribution < 1.29 is 27.1 Å². The minimum Gasteiger partial charge on any atom is -0.494 e. The lowest BCUT2D eigenvalue weighted by Gasteiger charge is -2.33. The van der Waals surface area contributed by atoms with Gasteiger partial charge in [-0.2, -0.15) is 4.31 Å². The number of benzene rings is 2. The molecule has 2 aromatic carbocycles. The second-order valence-electron chi connectivity index (χ2n) is 7.75. The number of piperazine rings is 1. The van der Waals surface area contributed by atoms with E-state index < -0.39 is 10.0 Å². The number of sulfonamides is 1. The Morgan fingerprint density at radius 3 is 2.18 bits per heavy atom. The Labute approximate surface area is 193 Å². The number of amides is 1. The van der Waals surface area contributed by atoms with Crippen molar-refractivity contribution in [2.75, 3.05) is 39.4 Å². The van der Waals surface area contributed by atoms with Gasteiger partial charge in [0.2, 0.25) is 10.0 Å². The van der Waals surface area contributed by atoms with Gasteiger partial charge in [0.25, 0.3) is 5.91 Å². The van der Waals surface area contributed by atoms with Gasteiger partial charge in [0.15, 0.2) is 5.76 Å². The largest absolute Gasteiger partial charge is 0.494 e. The molecule has 4 rings (SSSR count). The fourth-order valence-corrected chi connectivity index (χ4v) is 5.38. The Kier molecular flexibility index (Phi) is 6.62. The van der Waals surface area contributed by atoms with Crippen LogP contribution < -0.4 is 9.47 Å². The monoisotopic (exact) mass is 472 g/mol. The fourth-order valence-electron chi connectivity index (χ4n) is 3.96. The summed E-state index contributed by atoms with van der Waals surface area (Å²) in [5.41, 5.74) is 1.37. The average molecular weight is 473 g/mol. The van der Waals surface area contributed by atoms with Crippen LogP contribution in [0.25, 0.3) is 11.0 Å². The predicted molar refractivity (Wildman–Crippen MR) is 124 cm³/mol. The Hall–Kier alpha value is -3.04. The second-order valence-corrected chi connectivity index (χ2v) is 9.69. The van der Waals surface area contributed by atoms with Gasteiger partial charge < -0.3 is 18.8 Å². The van der Waals surface area contributed by atoms with Gasteiger partial charge in [0.1, 0.15) is 17.1 Å². The van der Waals surface area contributed by atoms with E-state index in [4.69, 9.17) is 13.9 Å². The van der Waals surface area contributed by atoms with Gasteiger partial charge >= 0.3 is 0 Å². The molecule has 1 aromatic heterocycles. The Morgan fingerprint density at radius 1 is 0.939 bits per heavy atom. The lowest BCUT2D eigenvalue weighted by atomic mass is 10.1. The summed E-state index contributed by atoms with van der Waals surface area (Å²) in [5.74, 6) is 1.39. The maximum absolute atomic E-state index is 13.1. The molecule has 0 spiro atoms. The second kappa shape index (κ2) is 9.44. The van der Waals surface area contributed by atoms with E-state index in [0.29, 0.717) is 24.5 Å². The highest BCUT2D eigenvalue weighted by molar-refractivity contribution is 7.89. The molecular weight excluding hydrogens is 444 g/mol. The molecule has 3 aromatic rings. The molecule has 0 radical (unpaired) electrons. The molecule has 0 N–H and O–H groups in total. The van der Waals surface area contributed by atoms with Crippen LogP contribution in [0, 0.1) is 6.92 Å². The van der Waals surface area contributed by atoms with Gasteiger partial charge in [0.05, 0.1) is 18.1 Å². The number of hydrogen-bond donors (Lipinski definition) is 0. The highest BCUT2D eigenvalue weighted by Crippen LogP contribution is 2.30. The summed E-state index contributed by atoms with van der Waals surface area (Å²) in [5, 5.41) is 0.834. The summed E-state index contributed by atoms with van der Waals surface area (Å²) in [7, 11) is -3.64. The molecule has 0 bridgehead atoms. The average Bonchev–Trinajstić information content (AvgIpc) is 3.15. The minimum absolute atomic E-state index is 0.212. The number of carbonyl (C=O) groups is 1. The predicted octanol–water partition coefficient (Wildman–Crippen LogP) is 3.69. The summed E-state index contributed by atoms with van der Waals surface area (Å²) >= 11 is 0. The summed E-state index contributed by atoms with van der Waals surface area (Å²) < 4.78 is 44.2. The van der Waals surface area contributed by atoms with Crippen LogP contribution in [0.15, 0.2) is 51.8 Å². The number of carbonyl (C=O) groups excluding carboxylic acids is 1. The van der Waals surface area contributed by atoms with Crippen molar-refractivity contribution in [2.24, 2.45) is 0 Å². The van der Waals surface area contributed by atoms with Gasteiger partial charge in [-0.25, -0.2) is 8.42 Å². The molecule has 176 valence electrons. The van der Waals surface area contributed by atoms with E-state index in [2.05, 4.69) is 0 Å². The van der Waals surface area contributed by atoms with E-state index in [0.717, 1.165) is 16.7 Å². The molecule has 0 saturated carbocycles. The number of fused-ring (bicyclic) bond motifs is 1. The lowest BCUT2D eigenvalue weighted by molar-refractivity contribution is 0.0667. The number of furan rings is 1. The van der Waals surface area contributed by atoms with E-state index in [-0.39, 0.29) is 42.7 Å². The molecule has 1 saturated heterocycles. The molecular formula is C24H28N2O6S. The SMILES string of the molecule is CCOc1ccc(S(=O)(=O)N2CCN(C(=O)c3oc4ccc(OCC)cc4c3C)CC2)cc1. The Balaban J connectivity index is 1.46. The summed E-state index contributed by atoms with van der Waals surface area (Å²) in [6, 6.07) is 11.9. The van der Waals surface area contributed by atoms with E-state index in [1.54, 1.807) is 35.2 Å². The van der Waals surface area contributed by atoms with Crippen LogP contribution in [0.2, 0.25) is 0 Å². The van der Waals surface area contributed by atoms with Crippen molar-refractivity contribution in [3.05, 3.63) is 53.8 Å². The van der Waals surface area contributed by atoms with E-state index in [9.17, 15) is 13.2 Å². The molecule has 1 aliphatic heterocycles. The van der Waals surface area contributed by atoms with Crippen LogP contribution in [-0.4, -0.2) is 62.9 Å². The van der Waals surface area contributed by atoms with Crippen LogP contribution in [-0.2, 0) is 10.0 Å². The third-order valence-corrected chi connectivity index (χ3v) is 7.62.